The van der Waals surface area contributed by atoms with E-state index in [-0.39, 0.29) is 6.04 Å². The van der Waals surface area contributed by atoms with Crippen LogP contribution in [-0.4, -0.2) is 30.9 Å². The molecule has 27 heavy (non-hydrogen) atoms. The lowest BCUT2D eigenvalue weighted by Crippen LogP contribution is -2.39. The number of carbonyl (C=O) groups excluding carboxylic acids is 1. The van der Waals surface area contributed by atoms with Crippen molar-refractivity contribution in [2.24, 2.45) is 0 Å². The molecule has 0 fully saturated rings. The summed E-state index contributed by atoms with van der Waals surface area (Å²) in [6, 6.07) is -0.0834. The highest BCUT2D eigenvalue weighted by Crippen LogP contribution is 2.11. The van der Waals surface area contributed by atoms with Crippen molar-refractivity contribution in [3.63, 3.8) is 0 Å². The van der Waals surface area contributed by atoms with Crippen molar-refractivity contribution in [1.29, 1.82) is 0 Å². The minimum atomic E-state index is -0.483. The van der Waals surface area contributed by atoms with Gasteiger partial charge in [-0.15, -0.1) is 0 Å². The Morgan fingerprint density at radius 1 is 0.963 bits per heavy atom. The molecule has 1 unspecified atom stereocenters. The molecule has 1 N–H and O–H groups in total. The molecule has 0 aliphatic carbocycles. The number of hydrogen-bond donors (Lipinski definition) is 1. The van der Waals surface area contributed by atoms with E-state index in [0.717, 1.165) is 25.7 Å². The first-order valence-corrected chi connectivity index (χ1v) is 10.0. The molecule has 0 saturated heterocycles. The van der Waals surface area contributed by atoms with Crippen LogP contribution in [0.1, 0.15) is 81.1 Å². The average Bonchev–Trinajstić information content (AvgIpc) is 2.49. The van der Waals surface area contributed by atoms with Crippen LogP contribution in [0.4, 0.5) is 4.79 Å². The van der Waals surface area contributed by atoms with Gasteiger partial charge in [0.15, 0.2) is 0 Å². The highest BCUT2D eigenvalue weighted by molar-refractivity contribution is 5.68. The van der Waals surface area contributed by atoms with Crippen molar-refractivity contribution < 1.29 is 14.3 Å². The third-order valence-electron chi connectivity index (χ3n) is 3.80. The second-order valence-electron chi connectivity index (χ2n) is 8.54. The lowest BCUT2D eigenvalue weighted by Gasteiger charge is -2.21. The van der Waals surface area contributed by atoms with E-state index in [1.807, 2.05) is 27.7 Å². The molecule has 0 aliphatic heterocycles. The zero-order chi connectivity index (χ0) is 20.9. The number of amides is 1. The number of rotatable bonds is 11. The van der Waals surface area contributed by atoms with Gasteiger partial charge in [0, 0.05) is 0 Å². The van der Waals surface area contributed by atoms with Crippen LogP contribution in [0.25, 0.3) is 0 Å². The van der Waals surface area contributed by atoms with Gasteiger partial charge in [-0.2, -0.15) is 0 Å². The van der Waals surface area contributed by atoms with E-state index in [1.165, 1.54) is 16.7 Å². The quantitative estimate of drug-likeness (QED) is 0.337. The van der Waals surface area contributed by atoms with Gasteiger partial charge >= 0.3 is 6.09 Å². The summed E-state index contributed by atoms with van der Waals surface area (Å²) < 4.78 is 10.9. The fourth-order valence-corrected chi connectivity index (χ4v) is 2.34. The summed E-state index contributed by atoms with van der Waals surface area (Å²) in [4.78, 5) is 11.7. The van der Waals surface area contributed by atoms with Gasteiger partial charge in [-0.1, -0.05) is 34.9 Å². The molecule has 4 heteroatoms. The summed E-state index contributed by atoms with van der Waals surface area (Å²) >= 11 is 0. The molecule has 0 radical (unpaired) electrons. The first-order valence-electron chi connectivity index (χ1n) is 10.0. The zero-order valence-corrected chi connectivity index (χ0v) is 18.8. The summed E-state index contributed by atoms with van der Waals surface area (Å²) in [6.07, 6.45) is 10.7. The number of carbonyl (C=O) groups is 1. The van der Waals surface area contributed by atoms with Gasteiger partial charge in [-0.05, 0) is 81.1 Å². The molecule has 0 aromatic heterocycles. The van der Waals surface area contributed by atoms with Crippen LogP contribution in [0.5, 0.6) is 0 Å². The monoisotopic (exact) mass is 379 g/mol. The molecule has 0 heterocycles. The van der Waals surface area contributed by atoms with Crippen LogP contribution in [0.15, 0.2) is 34.9 Å². The highest BCUT2D eigenvalue weighted by atomic mass is 16.6. The van der Waals surface area contributed by atoms with Crippen LogP contribution in [-0.2, 0) is 9.47 Å². The standard InChI is InChI=1S/C23H41NO3/c1-18(2)11-9-12-19(3)13-10-14-20(4)15-16-26-17-21(5)24-22(25)27-23(6,7)8/h11,13,15,21H,9-10,12,14,16-17H2,1-8H3,(H,24,25)/b19-13+,20-15+. The van der Waals surface area contributed by atoms with Crippen LogP contribution in [0.3, 0.4) is 0 Å². The Hall–Kier alpha value is -1.55. The van der Waals surface area contributed by atoms with Crippen molar-refractivity contribution in [3.05, 3.63) is 34.9 Å². The first kappa shape index (κ1) is 25.4. The third kappa shape index (κ3) is 17.6. The van der Waals surface area contributed by atoms with E-state index in [4.69, 9.17) is 9.47 Å². The minimum Gasteiger partial charge on any atom is -0.444 e. The Kier molecular flexibility index (Phi) is 12.8. The number of nitrogens with one attached hydrogen (secondary N) is 1. The summed E-state index contributed by atoms with van der Waals surface area (Å²) in [5, 5.41) is 2.78. The fourth-order valence-electron chi connectivity index (χ4n) is 2.34. The molecule has 1 amide bonds. The van der Waals surface area contributed by atoms with Crippen molar-refractivity contribution >= 4 is 6.09 Å². The van der Waals surface area contributed by atoms with Gasteiger partial charge in [0.05, 0.1) is 19.3 Å². The number of alkyl carbamates (subject to hydrolysis) is 1. The van der Waals surface area contributed by atoms with Crippen LogP contribution >= 0.6 is 0 Å². The van der Waals surface area contributed by atoms with Crippen molar-refractivity contribution in [2.45, 2.75) is 92.7 Å². The predicted molar refractivity (Wildman–Crippen MR) is 115 cm³/mol. The number of ether oxygens (including phenoxy) is 2. The summed E-state index contributed by atoms with van der Waals surface area (Å²) in [5.41, 5.74) is 3.69. The Labute approximate surface area is 167 Å². The second kappa shape index (κ2) is 13.6. The molecule has 0 saturated carbocycles. The topological polar surface area (TPSA) is 47.6 Å². The van der Waals surface area contributed by atoms with Gasteiger partial charge in [-0.3, -0.25) is 0 Å². The Balaban J connectivity index is 3.96. The first-order chi connectivity index (χ1) is 12.5. The third-order valence-corrected chi connectivity index (χ3v) is 3.80. The van der Waals surface area contributed by atoms with Crippen LogP contribution < -0.4 is 5.32 Å². The van der Waals surface area contributed by atoms with Gasteiger partial charge < -0.3 is 14.8 Å². The Morgan fingerprint density at radius 3 is 2.07 bits per heavy atom. The van der Waals surface area contributed by atoms with Crippen LogP contribution in [0, 0.1) is 0 Å². The van der Waals surface area contributed by atoms with E-state index >= 15 is 0 Å². The highest BCUT2D eigenvalue weighted by Gasteiger charge is 2.17. The molecule has 156 valence electrons. The van der Waals surface area contributed by atoms with Crippen LogP contribution in [0.2, 0.25) is 0 Å². The molecular weight excluding hydrogens is 338 g/mol. The average molecular weight is 380 g/mol. The lowest BCUT2D eigenvalue weighted by molar-refractivity contribution is 0.0466. The van der Waals surface area contributed by atoms with Gasteiger partial charge in [0.25, 0.3) is 0 Å². The van der Waals surface area contributed by atoms with Gasteiger partial charge in [0.1, 0.15) is 5.60 Å². The van der Waals surface area contributed by atoms with Crippen molar-refractivity contribution in [2.75, 3.05) is 13.2 Å². The second-order valence-corrected chi connectivity index (χ2v) is 8.54. The van der Waals surface area contributed by atoms with Crippen molar-refractivity contribution in [1.82, 2.24) is 5.32 Å². The molecule has 1 atom stereocenters. The summed E-state index contributed by atoms with van der Waals surface area (Å²) in [5.74, 6) is 0. The summed E-state index contributed by atoms with van der Waals surface area (Å²) in [7, 11) is 0. The van der Waals surface area contributed by atoms with Gasteiger partial charge in [-0.25, -0.2) is 4.79 Å². The molecule has 4 nitrogen and oxygen atoms in total. The number of allylic oxidation sites excluding steroid dienone is 5. The number of hydrogen-bond acceptors (Lipinski definition) is 3. The molecule has 0 aromatic rings. The Morgan fingerprint density at radius 2 is 1.52 bits per heavy atom. The fraction of sp³-hybridized carbons (Fsp3) is 0.696. The molecular formula is C23H41NO3. The van der Waals surface area contributed by atoms with E-state index in [9.17, 15) is 4.79 Å². The van der Waals surface area contributed by atoms with Gasteiger partial charge in [0.2, 0.25) is 0 Å². The molecule has 0 spiro atoms. The van der Waals surface area contributed by atoms with E-state index in [2.05, 4.69) is 51.2 Å². The minimum absolute atomic E-state index is 0.0834. The van der Waals surface area contributed by atoms with E-state index < -0.39 is 11.7 Å². The normalized spacial score (nSPS) is 13.9. The predicted octanol–water partition coefficient (Wildman–Crippen LogP) is 6.34. The lowest BCUT2D eigenvalue weighted by atomic mass is 10.1. The van der Waals surface area contributed by atoms with E-state index in [1.54, 1.807) is 0 Å². The van der Waals surface area contributed by atoms with E-state index in [0.29, 0.717) is 13.2 Å². The zero-order valence-electron chi connectivity index (χ0n) is 18.8. The Bertz CT molecular complexity index is 520. The van der Waals surface area contributed by atoms with Crippen molar-refractivity contribution in [3.8, 4) is 0 Å². The maximum Gasteiger partial charge on any atom is 0.407 e. The molecule has 0 rings (SSSR count). The largest absolute Gasteiger partial charge is 0.444 e. The maximum absolute atomic E-state index is 11.7. The SMILES string of the molecule is CC(C)=CCC/C(C)=C/CC/C(C)=C/COCC(C)NC(=O)OC(C)(C)C. The molecule has 0 bridgehead atoms. The molecule has 0 aromatic carbocycles. The smallest absolute Gasteiger partial charge is 0.407 e. The molecule has 0 aliphatic rings. The summed E-state index contributed by atoms with van der Waals surface area (Å²) in [6.45, 7) is 17.1. The maximum atomic E-state index is 11.7.